The maximum absolute atomic E-state index is 13.4. The molecule has 0 unspecified atom stereocenters. The van der Waals surface area contributed by atoms with Crippen molar-refractivity contribution in [1.29, 1.82) is 0 Å². The fraction of sp³-hybridized carbons (Fsp3) is 0.486. The molecule has 3 aromatic carbocycles. The van der Waals surface area contributed by atoms with Gasteiger partial charge in [0, 0.05) is 16.7 Å². The molecule has 0 heterocycles. The molecule has 0 aliphatic carbocycles. The normalized spacial score (nSPS) is 12.9. The molecule has 3 nitrogen and oxygen atoms in total. The maximum atomic E-state index is 13.4. The smallest absolute Gasteiger partial charge is 0.343 e. The summed E-state index contributed by atoms with van der Waals surface area (Å²) in [6.07, 6.45) is 0.761. The van der Waals surface area contributed by atoms with Gasteiger partial charge >= 0.3 is 5.97 Å². The second kappa shape index (κ2) is 11.5. The van der Waals surface area contributed by atoms with E-state index >= 15 is 0 Å². The molecule has 0 aromatic heterocycles. The SMILES string of the molecule is CC(C)(C)c1ccc(Cc2ccc(OC(=O)c3cc(C(C)(C)C)c(O)c(C(C)(C)C)c3)c(CCl)c2)c(C(C)(C)C)c1. The molecule has 222 valence electrons. The molecule has 3 aromatic rings. The monoisotopic (exact) mass is 576 g/mol. The largest absolute Gasteiger partial charge is 0.507 e. The number of benzene rings is 3. The lowest BCUT2D eigenvalue weighted by molar-refractivity contribution is 0.0733. The van der Waals surface area contributed by atoms with Gasteiger partial charge in [-0.25, -0.2) is 4.79 Å². The van der Waals surface area contributed by atoms with Crippen LogP contribution < -0.4 is 4.74 Å². The number of carbonyl (C=O) groups excluding carboxylic acids is 1. The Morgan fingerprint density at radius 3 is 1.68 bits per heavy atom. The third-order valence-corrected chi connectivity index (χ3v) is 7.90. The highest BCUT2D eigenvalue weighted by Crippen LogP contribution is 2.40. The Bertz CT molecular complexity index is 1390. The zero-order valence-electron chi connectivity index (χ0n) is 27.2. The minimum absolute atomic E-state index is 0.00329. The van der Waals surface area contributed by atoms with E-state index in [1.165, 1.54) is 16.7 Å². The summed E-state index contributed by atoms with van der Waals surface area (Å²) in [5.74, 6) is 0.447. The van der Waals surface area contributed by atoms with Crippen LogP contribution in [0.1, 0.15) is 132 Å². The number of halogens is 1. The van der Waals surface area contributed by atoms with Crippen LogP contribution in [0.4, 0.5) is 0 Å². The van der Waals surface area contributed by atoms with Crippen molar-refractivity contribution in [2.45, 2.75) is 117 Å². The summed E-state index contributed by atoms with van der Waals surface area (Å²) in [5.41, 5.74) is 7.07. The molecule has 0 radical (unpaired) electrons. The summed E-state index contributed by atoms with van der Waals surface area (Å²) in [7, 11) is 0. The van der Waals surface area contributed by atoms with E-state index in [1.807, 2.05) is 59.7 Å². The number of hydrogen-bond donors (Lipinski definition) is 1. The molecule has 0 bridgehead atoms. The second-order valence-electron chi connectivity index (χ2n) is 15.4. The summed E-state index contributed by atoms with van der Waals surface area (Å²) >= 11 is 6.38. The van der Waals surface area contributed by atoms with Crippen LogP contribution in [0.15, 0.2) is 48.5 Å². The molecule has 0 saturated carbocycles. The molecule has 0 aliphatic rings. The third kappa shape index (κ3) is 7.74. The topological polar surface area (TPSA) is 46.5 Å². The van der Waals surface area contributed by atoms with Crippen molar-refractivity contribution in [1.82, 2.24) is 0 Å². The summed E-state index contributed by atoms with van der Waals surface area (Å²) in [6.45, 7) is 25.6. The summed E-state index contributed by atoms with van der Waals surface area (Å²) in [5, 5.41) is 11.0. The van der Waals surface area contributed by atoms with E-state index in [1.54, 1.807) is 12.1 Å². The van der Waals surface area contributed by atoms with Crippen molar-refractivity contribution in [3.05, 3.63) is 93.0 Å². The molecule has 0 aliphatic heterocycles. The van der Waals surface area contributed by atoms with Crippen molar-refractivity contribution in [3.8, 4) is 11.5 Å². The van der Waals surface area contributed by atoms with E-state index in [-0.39, 0.29) is 33.3 Å². The quantitative estimate of drug-likeness (QED) is 0.187. The lowest BCUT2D eigenvalue weighted by Gasteiger charge is -2.28. The predicted octanol–water partition coefficient (Wildman–Crippen LogP) is 10.1. The highest BCUT2D eigenvalue weighted by Gasteiger charge is 2.29. The zero-order valence-corrected chi connectivity index (χ0v) is 27.9. The van der Waals surface area contributed by atoms with E-state index in [0.717, 1.165) is 28.7 Å². The number of phenols is 1. The molecule has 3 rings (SSSR count). The van der Waals surface area contributed by atoms with Gasteiger partial charge in [0.1, 0.15) is 11.5 Å². The van der Waals surface area contributed by atoms with Crippen molar-refractivity contribution in [2.24, 2.45) is 0 Å². The van der Waals surface area contributed by atoms with Crippen LogP contribution in [-0.2, 0) is 34.0 Å². The lowest BCUT2D eigenvalue weighted by Crippen LogP contribution is -2.20. The van der Waals surface area contributed by atoms with Gasteiger partial charge in [-0.15, -0.1) is 11.6 Å². The summed E-state index contributed by atoms with van der Waals surface area (Å²) < 4.78 is 5.93. The zero-order chi connectivity index (χ0) is 31.1. The highest BCUT2D eigenvalue weighted by atomic mass is 35.5. The van der Waals surface area contributed by atoms with E-state index in [2.05, 4.69) is 59.7 Å². The van der Waals surface area contributed by atoms with E-state index in [4.69, 9.17) is 16.3 Å². The Morgan fingerprint density at radius 1 is 0.683 bits per heavy atom. The standard InChI is InChI=1S/C37H49ClO3/c1-34(2,3)27-15-14-24(28(21-27)35(4,5)6)17-23-13-16-31(26(18-23)22-38)41-33(40)25-19-29(36(7,8)9)32(39)30(20-25)37(10,11)12/h13-16,18-21,39H,17,22H2,1-12H3. The fourth-order valence-corrected chi connectivity index (χ4v) is 5.33. The van der Waals surface area contributed by atoms with Gasteiger partial charge in [-0.05, 0) is 68.5 Å². The van der Waals surface area contributed by atoms with Gasteiger partial charge in [0.25, 0.3) is 0 Å². The van der Waals surface area contributed by atoms with Gasteiger partial charge in [-0.1, -0.05) is 113 Å². The Kier molecular flexibility index (Phi) is 9.16. The van der Waals surface area contributed by atoms with Crippen LogP contribution in [0, 0.1) is 0 Å². The summed E-state index contributed by atoms with van der Waals surface area (Å²) in [4.78, 5) is 13.4. The summed E-state index contributed by atoms with van der Waals surface area (Å²) in [6, 6.07) is 16.2. The van der Waals surface area contributed by atoms with Crippen molar-refractivity contribution in [3.63, 3.8) is 0 Å². The average molecular weight is 577 g/mol. The Labute approximate surface area is 253 Å². The van der Waals surface area contributed by atoms with Crippen molar-refractivity contribution >= 4 is 17.6 Å². The minimum atomic E-state index is -0.465. The first kappa shape index (κ1) is 32.7. The Hall–Kier alpha value is -2.78. The van der Waals surface area contributed by atoms with E-state index < -0.39 is 5.97 Å². The molecule has 0 fully saturated rings. The van der Waals surface area contributed by atoms with Crippen molar-refractivity contribution < 1.29 is 14.6 Å². The van der Waals surface area contributed by atoms with E-state index in [9.17, 15) is 9.90 Å². The van der Waals surface area contributed by atoms with Crippen LogP contribution in [0.5, 0.6) is 11.5 Å². The molecule has 0 atom stereocenters. The third-order valence-electron chi connectivity index (χ3n) is 7.61. The van der Waals surface area contributed by atoms with Crippen molar-refractivity contribution in [2.75, 3.05) is 0 Å². The van der Waals surface area contributed by atoms with Crippen LogP contribution in [-0.4, -0.2) is 11.1 Å². The molecular weight excluding hydrogens is 528 g/mol. The number of phenolic OH excluding ortho intramolecular Hbond substituents is 1. The first-order valence-corrected chi connectivity index (χ1v) is 15.1. The molecule has 0 spiro atoms. The minimum Gasteiger partial charge on any atom is -0.507 e. The van der Waals surface area contributed by atoms with Gasteiger partial charge in [0.15, 0.2) is 0 Å². The van der Waals surface area contributed by atoms with Gasteiger partial charge in [0.05, 0.1) is 11.4 Å². The van der Waals surface area contributed by atoms with Crippen LogP contribution in [0.3, 0.4) is 0 Å². The Morgan fingerprint density at radius 2 is 1.22 bits per heavy atom. The molecule has 0 amide bonds. The number of aromatic hydroxyl groups is 1. The lowest BCUT2D eigenvalue weighted by atomic mass is 9.77. The average Bonchev–Trinajstić information content (AvgIpc) is 2.82. The van der Waals surface area contributed by atoms with Crippen LogP contribution in [0.2, 0.25) is 0 Å². The van der Waals surface area contributed by atoms with Gasteiger partial charge in [0.2, 0.25) is 0 Å². The van der Waals surface area contributed by atoms with Gasteiger partial charge in [-0.3, -0.25) is 0 Å². The first-order chi connectivity index (χ1) is 18.6. The fourth-order valence-electron chi connectivity index (χ4n) is 5.12. The first-order valence-electron chi connectivity index (χ1n) is 14.5. The number of esters is 1. The second-order valence-corrected chi connectivity index (χ2v) is 15.7. The highest BCUT2D eigenvalue weighted by molar-refractivity contribution is 6.17. The number of ether oxygens (including phenoxy) is 1. The molecule has 41 heavy (non-hydrogen) atoms. The number of rotatable bonds is 5. The van der Waals surface area contributed by atoms with Crippen LogP contribution >= 0.6 is 11.6 Å². The molecular formula is C37H49ClO3. The number of carbonyl (C=O) groups is 1. The van der Waals surface area contributed by atoms with Crippen LogP contribution in [0.25, 0.3) is 0 Å². The maximum Gasteiger partial charge on any atom is 0.343 e. The molecule has 4 heteroatoms. The Balaban J connectivity index is 1.97. The van der Waals surface area contributed by atoms with E-state index in [0.29, 0.717) is 11.3 Å². The van der Waals surface area contributed by atoms with Gasteiger partial charge < -0.3 is 9.84 Å². The number of hydrogen-bond acceptors (Lipinski definition) is 3. The molecule has 0 saturated heterocycles. The predicted molar refractivity (Wildman–Crippen MR) is 173 cm³/mol. The number of alkyl halides is 1. The molecule has 1 N–H and O–H groups in total. The van der Waals surface area contributed by atoms with Gasteiger partial charge in [-0.2, -0.15) is 0 Å².